The number of thioether (sulfide) groups is 1. The molecule has 1 aliphatic heterocycles. The first-order chi connectivity index (χ1) is 12.6. The number of rotatable bonds is 4. The van der Waals surface area contributed by atoms with Crippen LogP contribution in [-0.4, -0.2) is 46.1 Å². The molecule has 4 rings (SSSR count). The van der Waals surface area contributed by atoms with Gasteiger partial charge in [-0.1, -0.05) is 11.3 Å². The summed E-state index contributed by atoms with van der Waals surface area (Å²) in [5, 5.41) is 8.25. The standard InChI is InChI=1S/C18H21N5OS2/c1-22-15(7-8-19-22)17(24)20-12-4-3-9-23(11-12)18-21-14-6-5-13(25-2)10-16(14)26-18/h5-8,10,12H,3-4,9,11H2,1-2H3,(H,20,24). The largest absolute Gasteiger partial charge is 0.346 e. The highest BCUT2D eigenvalue weighted by molar-refractivity contribution is 7.98. The Morgan fingerprint density at radius 2 is 2.27 bits per heavy atom. The predicted octanol–water partition coefficient (Wildman–Crippen LogP) is 3.15. The average Bonchev–Trinajstić information content (AvgIpc) is 3.27. The van der Waals surface area contributed by atoms with Crippen molar-refractivity contribution in [2.45, 2.75) is 23.8 Å². The molecule has 26 heavy (non-hydrogen) atoms. The van der Waals surface area contributed by atoms with Gasteiger partial charge >= 0.3 is 0 Å². The molecule has 0 bridgehead atoms. The Kier molecular flexibility index (Phi) is 4.86. The van der Waals surface area contributed by atoms with E-state index in [9.17, 15) is 4.79 Å². The molecule has 1 saturated heterocycles. The number of hydrogen-bond donors (Lipinski definition) is 1. The molecule has 3 aromatic rings. The summed E-state index contributed by atoms with van der Waals surface area (Å²) in [6.07, 6.45) is 5.76. The van der Waals surface area contributed by atoms with Gasteiger partial charge in [0.25, 0.3) is 5.91 Å². The lowest BCUT2D eigenvalue weighted by atomic mass is 10.1. The van der Waals surface area contributed by atoms with Gasteiger partial charge in [0.2, 0.25) is 0 Å². The average molecular weight is 388 g/mol. The van der Waals surface area contributed by atoms with Crippen LogP contribution in [0.2, 0.25) is 0 Å². The van der Waals surface area contributed by atoms with E-state index in [1.807, 2.05) is 0 Å². The molecule has 1 atom stereocenters. The third kappa shape index (κ3) is 3.43. The second-order valence-electron chi connectivity index (χ2n) is 6.43. The Hall–Kier alpha value is -2.06. The molecule has 1 N–H and O–H groups in total. The van der Waals surface area contributed by atoms with Gasteiger partial charge < -0.3 is 10.2 Å². The number of nitrogens with zero attached hydrogens (tertiary/aromatic N) is 4. The van der Waals surface area contributed by atoms with Crippen molar-refractivity contribution in [2.24, 2.45) is 7.05 Å². The summed E-state index contributed by atoms with van der Waals surface area (Å²) >= 11 is 3.48. The van der Waals surface area contributed by atoms with Crippen LogP contribution >= 0.6 is 23.1 Å². The fourth-order valence-electron chi connectivity index (χ4n) is 3.28. The van der Waals surface area contributed by atoms with Crippen molar-refractivity contribution in [1.29, 1.82) is 0 Å². The first-order valence-electron chi connectivity index (χ1n) is 8.62. The molecule has 0 radical (unpaired) electrons. The van der Waals surface area contributed by atoms with Gasteiger partial charge in [-0.25, -0.2) is 4.98 Å². The van der Waals surface area contributed by atoms with E-state index in [0.717, 1.165) is 36.6 Å². The molecule has 1 unspecified atom stereocenters. The Morgan fingerprint density at radius 1 is 1.38 bits per heavy atom. The van der Waals surface area contributed by atoms with Crippen LogP contribution in [0.1, 0.15) is 23.3 Å². The lowest BCUT2D eigenvalue weighted by molar-refractivity contribution is 0.0923. The maximum Gasteiger partial charge on any atom is 0.269 e. The fraction of sp³-hybridized carbons (Fsp3) is 0.389. The topological polar surface area (TPSA) is 63.1 Å². The van der Waals surface area contributed by atoms with Gasteiger partial charge in [-0.05, 0) is 43.4 Å². The van der Waals surface area contributed by atoms with Gasteiger partial charge in [0.1, 0.15) is 5.69 Å². The zero-order valence-corrected chi connectivity index (χ0v) is 16.4. The third-order valence-electron chi connectivity index (χ3n) is 4.66. The molecule has 0 spiro atoms. The normalized spacial score (nSPS) is 17.6. The maximum atomic E-state index is 12.4. The van der Waals surface area contributed by atoms with Crippen LogP contribution in [0.3, 0.4) is 0 Å². The molecule has 0 saturated carbocycles. The highest BCUT2D eigenvalue weighted by atomic mass is 32.2. The van der Waals surface area contributed by atoms with Gasteiger partial charge in [0.05, 0.1) is 10.2 Å². The molecular weight excluding hydrogens is 366 g/mol. The van der Waals surface area contributed by atoms with Gasteiger partial charge in [0.15, 0.2) is 5.13 Å². The zero-order valence-electron chi connectivity index (χ0n) is 14.8. The van der Waals surface area contributed by atoms with Crippen molar-refractivity contribution in [3.05, 3.63) is 36.2 Å². The number of hydrogen-bond acceptors (Lipinski definition) is 6. The maximum absolute atomic E-state index is 12.4. The molecular formula is C18H21N5OS2. The summed E-state index contributed by atoms with van der Waals surface area (Å²) in [5.41, 5.74) is 1.63. The summed E-state index contributed by atoms with van der Waals surface area (Å²) in [7, 11) is 1.78. The van der Waals surface area contributed by atoms with Crippen molar-refractivity contribution >= 4 is 44.4 Å². The first-order valence-corrected chi connectivity index (χ1v) is 10.7. The van der Waals surface area contributed by atoms with E-state index in [2.05, 4.69) is 39.8 Å². The van der Waals surface area contributed by atoms with Gasteiger partial charge in [-0.15, -0.1) is 11.8 Å². The molecule has 1 aliphatic rings. The fourth-order valence-corrected chi connectivity index (χ4v) is 4.83. The van der Waals surface area contributed by atoms with Crippen molar-refractivity contribution in [3.63, 3.8) is 0 Å². The number of carbonyl (C=O) groups excluding carboxylic acids is 1. The molecule has 1 amide bonds. The number of anilines is 1. The SMILES string of the molecule is CSc1ccc2nc(N3CCCC(NC(=O)c4ccnn4C)C3)sc2c1. The summed E-state index contributed by atoms with van der Waals surface area (Å²) in [5.74, 6) is -0.0641. The smallest absolute Gasteiger partial charge is 0.269 e. The quantitative estimate of drug-likeness (QED) is 0.697. The number of aryl methyl sites for hydroxylation is 1. The monoisotopic (exact) mass is 387 g/mol. The Labute approximate surface area is 160 Å². The molecule has 1 fully saturated rings. The number of nitrogens with one attached hydrogen (secondary N) is 1. The number of aromatic nitrogens is 3. The minimum atomic E-state index is -0.0641. The van der Waals surface area contributed by atoms with Crippen LogP contribution in [0.5, 0.6) is 0 Å². The highest BCUT2D eigenvalue weighted by Gasteiger charge is 2.24. The van der Waals surface area contributed by atoms with E-state index >= 15 is 0 Å². The summed E-state index contributed by atoms with van der Waals surface area (Å²) < 4.78 is 2.82. The van der Waals surface area contributed by atoms with Gasteiger partial charge in [0, 0.05) is 37.3 Å². The minimum Gasteiger partial charge on any atom is -0.346 e. The van der Waals surface area contributed by atoms with Crippen molar-refractivity contribution < 1.29 is 4.79 Å². The van der Waals surface area contributed by atoms with Gasteiger partial charge in [-0.2, -0.15) is 5.10 Å². The van der Waals surface area contributed by atoms with Crippen LogP contribution in [0, 0.1) is 0 Å². The van der Waals surface area contributed by atoms with Crippen LogP contribution in [0.15, 0.2) is 35.4 Å². The molecule has 8 heteroatoms. The lowest BCUT2D eigenvalue weighted by Gasteiger charge is -2.32. The van der Waals surface area contributed by atoms with Crippen molar-refractivity contribution in [1.82, 2.24) is 20.1 Å². The first kappa shape index (κ1) is 17.4. The molecule has 2 aromatic heterocycles. The molecule has 0 aliphatic carbocycles. The predicted molar refractivity (Wildman–Crippen MR) is 107 cm³/mol. The van der Waals surface area contributed by atoms with Crippen LogP contribution in [-0.2, 0) is 7.05 Å². The molecule has 1 aromatic carbocycles. The van der Waals surface area contributed by atoms with E-state index in [1.54, 1.807) is 47.1 Å². The van der Waals surface area contributed by atoms with Crippen LogP contribution in [0.25, 0.3) is 10.2 Å². The van der Waals surface area contributed by atoms with Crippen LogP contribution < -0.4 is 10.2 Å². The number of amides is 1. The lowest BCUT2D eigenvalue weighted by Crippen LogP contribution is -2.48. The van der Waals surface area contributed by atoms with E-state index in [4.69, 9.17) is 4.98 Å². The van der Waals surface area contributed by atoms with Crippen molar-refractivity contribution in [3.8, 4) is 0 Å². The number of carbonyl (C=O) groups is 1. The Bertz CT molecular complexity index is 935. The van der Waals surface area contributed by atoms with Crippen LogP contribution in [0.4, 0.5) is 5.13 Å². The van der Waals surface area contributed by atoms with E-state index in [1.165, 1.54) is 9.60 Å². The van der Waals surface area contributed by atoms with E-state index < -0.39 is 0 Å². The molecule has 136 valence electrons. The number of piperidine rings is 1. The minimum absolute atomic E-state index is 0.0641. The summed E-state index contributed by atoms with van der Waals surface area (Å²) in [6, 6.07) is 8.27. The number of fused-ring (bicyclic) bond motifs is 1. The third-order valence-corrected chi connectivity index (χ3v) is 6.47. The van der Waals surface area contributed by atoms with Crippen molar-refractivity contribution in [2.75, 3.05) is 24.2 Å². The van der Waals surface area contributed by atoms with Gasteiger partial charge in [-0.3, -0.25) is 9.48 Å². The summed E-state index contributed by atoms with van der Waals surface area (Å²) in [4.78, 5) is 20.8. The Balaban J connectivity index is 1.48. The van der Waals surface area contributed by atoms with E-state index in [-0.39, 0.29) is 11.9 Å². The zero-order chi connectivity index (χ0) is 18.1. The highest BCUT2D eigenvalue weighted by Crippen LogP contribution is 2.32. The van der Waals surface area contributed by atoms with E-state index in [0.29, 0.717) is 5.69 Å². The second-order valence-corrected chi connectivity index (χ2v) is 8.32. The number of thiazole rings is 1. The Morgan fingerprint density at radius 3 is 3.04 bits per heavy atom. The summed E-state index contributed by atoms with van der Waals surface area (Å²) in [6.45, 7) is 1.77. The molecule has 3 heterocycles. The number of benzene rings is 1. The second kappa shape index (κ2) is 7.28. The molecule has 6 nitrogen and oxygen atoms in total.